The molecule has 29 heavy (non-hydrogen) atoms. The minimum absolute atomic E-state index is 0.220. The average Bonchev–Trinajstić information content (AvgIpc) is 3.21. The van der Waals surface area contributed by atoms with E-state index in [9.17, 15) is 20.1 Å². The number of fused-ring (bicyclic) bond motifs is 1. The number of hydrogen-bond donors (Lipinski definition) is 4. The topological polar surface area (TPSA) is 129 Å². The monoisotopic (exact) mass is 400 g/mol. The van der Waals surface area contributed by atoms with Gasteiger partial charge in [-0.1, -0.05) is 18.2 Å². The number of ether oxygens (including phenoxy) is 1. The first kappa shape index (κ1) is 19.7. The van der Waals surface area contributed by atoms with Crippen molar-refractivity contribution >= 4 is 17.7 Å². The number of aliphatic imine (C=N–C) groups is 1. The molecule has 0 aliphatic carbocycles. The second-order valence-electron chi connectivity index (χ2n) is 7.54. The molecule has 2 aliphatic heterocycles. The Morgan fingerprint density at radius 1 is 1.31 bits per heavy atom. The van der Waals surface area contributed by atoms with E-state index >= 15 is 0 Å². The predicted octanol–water partition coefficient (Wildman–Crippen LogP) is 0.547. The fraction of sp³-hybridized carbons (Fsp3) is 0.450. The summed E-state index contributed by atoms with van der Waals surface area (Å²) in [4.78, 5) is 20.9. The third-order valence-corrected chi connectivity index (χ3v) is 5.51. The summed E-state index contributed by atoms with van der Waals surface area (Å²) in [5.74, 6) is 0.629. The lowest BCUT2D eigenvalue weighted by Gasteiger charge is -2.27. The van der Waals surface area contributed by atoms with Crippen LogP contribution in [-0.4, -0.2) is 62.0 Å². The average molecular weight is 400 g/mol. The molecule has 154 valence electrons. The lowest BCUT2D eigenvalue weighted by Crippen LogP contribution is -2.46. The smallest absolute Gasteiger partial charge is 0.351 e. The van der Waals surface area contributed by atoms with Gasteiger partial charge in [-0.05, 0) is 31.0 Å². The van der Waals surface area contributed by atoms with Crippen molar-refractivity contribution in [3.63, 3.8) is 0 Å². The van der Waals surface area contributed by atoms with Crippen molar-refractivity contribution in [2.75, 3.05) is 18.5 Å². The first-order chi connectivity index (χ1) is 13.9. The van der Waals surface area contributed by atoms with Crippen molar-refractivity contribution < 1.29 is 20.1 Å². The summed E-state index contributed by atoms with van der Waals surface area (Å²) in [5.41, 5.74) is -0.178. The Hall–Kier alpha value is -2.59. The summed E-state index contributed by atoms with van der Waals surface area (Å²) in [6, 6.07) is 9.61. The van der Waals surface area contributed by atoms with Crippen molar-refractivity contribution in [1.82, 2.24) is 9.55 Å². The maximum Gasteiger partial charge on any atom is 0.351 e. The number of rotatable bonds is 6. The van der Waals surface area contributed by atoms with Crippen LogP contribution in [0.2, 0.25) is 0 Å². The molecule has 0 amide bonds. The van der Waals surface area contributed by atoms with E-state index in [2.05, 4.69) is 21.4 Å². The van der Waals surface area contributed by atoms with Crippen LogP contribution in [0.1, 0.15) is 31.1 Å². The maximum absolute atomic E-state index is 12.5. The number of nitrogens with one attached hydrogen (secondary N) is 1. The molecule has 0 spiro atoms. The van der Waals surface area contributed by atoms with Gasteiger partial charge in [0, 0.05) is 24.9 Å². The van der Waals surface area contributed by atoms with Crippen LogP contribution in [0.25, 0.3) is 0 Å². The van der Waals surface area contributed by atoms with E-state index in [4.69, 9.17) is 4.74 Å². The molecule has 9 heteroatoms. The van der Waals surface area contributed by atoms with Crippen molar-refractivity contribution in [1.29, 1.82) is 0 Å². The van der Waals surface area contributed by atoms with E-state index in [-0.39, 0.29) is 5.92 Å². The molecule has 4 N–H and O–H groups in total. The molecule has 1 fully saturated rings. The van der Waals surface area contributed by atoms with Crippen LogP contribution in [0.4, 0.5) is 11.5 Å². The molecule has 0 bridgehead atoms. The SMILES string of the molecule is C[C@@]1(O)C(O)C(CO)OC1n1ccc(NCCC2C=Nc3ccccc32)nc1=O. The second-order valence-corrected chi connectivity index (χ2v) is 7.54. The number of hydrogen-bond acceptors (Lipinski definition) is 8. The molecule has 1 aromatic heterocycles. The third-order valence-electron chi connectivity index (χ3n) is 5.51. The van der Waals surface area contributed by atoms with Gasteiger partial charge in [0.05, 0.1) is 12.3 Å². The van der Waals surface area contributed by atoms with Gasteiger partial charge in [0.1, 0.15) is 23.6 Å². The molecule has 0 radical (unpaired) electrons. The van der Waals surface area contributed by atoms with Crippen LogP contribution in [0.3, 0.4) is 0 Å². The highest BCUT2D eigenvalue weighted by Gasteiger charge is 2.53. The van der Waals surface area contributed by atoms with E-state index < -0.39 is 36.3 Å². The quantitative estimate of drug-likeness (QED) is 0.557. The summed E-state index contributed by atoms with van der Waals surface area (Å²) in [5, 5.41) is 33.0. The van der Waals surface area contributed by atoms with Gasteiger partial charge in [0.15, 0.2) is 6.23 Å². The normalized spacial score (nSPS) is 30.5. The zero-order chi connectivity index (χ0) is 20.6. The number of aliphatic hydroxyl groups excluding tert-OH is 2. The highest BCUT2D eigenvalue weighted by Crippen LogP contribution is 2.37. The van der Waals surface area contributed by atoms with Gasteiger partial charge in [-0.25, -0.2) is 4.79 Å². The summed E-state index contributed by atoms with van der Waals surface area (Å²) < 4.78 is 6.58. The number of benzene rings is 1. The molecule has 4 rings (SSSR count). The molecule has 2 aromatic rings. The van der Waals surface area contributed by atoms with Gasteiger partial charge in [-0.3, -0.25) is 9.56 Å². The van der Waals surface area contributed by atoms with Crippen molar-refractivity contribution in [3.8, 4) is 0 Å². The van der Waals surface area contributed by atoms with E-state index in [1.807, 2.05) is 24.4 Å². The molecule has 0 saturated carbocycles. The number of nitrogens with zero attached hydrogens (tertiary/aromatic N) is 3. The van der Waals surface area contributed by atoms with Crippen LogP contribution in [0.5, 0.6) is 0 Å². The molecule has 5 atom stereocenters. The van der Waals surface area contributed by atoms with Crippen LogP contribution in [0.15, 0.2) is 46.3 Å². The molecule has 4 unspecified atom stereocenters. The zero-order valence-electron chi connectivity index (χ0n) is 16.0. The molecule has 9 nitrogen and oxygen atoms in total. The van der Waals surface area contributed by atoms with Crippen molar-refractivity contribution in [2.45, 2.75) is 43.3 Å². The fourth-order valence-electron chi connectivity index (χ4n) is 3.83. The van der Waals surface area contributed by atoms with Crippen LogP contribution >= 0.6 is 0 Å². The van der Waals surface area contributed by atoms with E-state index in [0.29, 0.717) is 12.4 Å². The molecular formula is C20H24N4O5. The van der Waals surface area contributed by atoms with Gasteiger partial charge >= 0.3 is 5.69 Å². The molecule has 1 aromatic carbocycles. The Morgan fingerprint density at radius 2 is 2.10 bits per heavy atom. The summed E-state index contributed by atoms with van der Waals surface area (Å²) >= 11 is 0. The van der Waals surface area contributed by atoms with Gasteiger partial charge in [-0.2, -0.15) is 4.98 Å². The van der Waals surface area contributed by atoms with E-state index in [1.54, 1.807) is 6.07 Å². The number of aliphatic hydroxyl groups is 3. The van der Waals surface area contributed by atoms with E-state index in [0.717, 1.165) is 16.7 Å². The Labute approximate surface area is 167 Å². The lowest BCUT2D eigenvalue weighted by atomic mass is 9.96. The Kier molecular flexibility index (Phi) is 5.22. The minimum Gasteiger partial charge on any atom is -0.394 e. The van der Waals surface area contributed by atoms with Crippen LogP contribution < -0.4 is 11.0 Å². The first-order valence-corrected chi connectivity index (χ1v) is 9.54. The van der Waals surface area contributed by atoms with Crippen LogP contribution in [0, 0.1) is 0 Å². The summed E-state index contributed by atoms with van der Waals surface area (Å²) in [7, 11) is 0. The van der Waals surface area contributed by atoms with Gasteiger partial charge < -0.3 is 25.4 Å². The van der Waals surface area contributed by atoms with Crippen molar-refractivity contribution in [3.05, 3.63) is 52.6 Å². The number of anilines is 1. The van der Waals surface area contributed by atoms with Crippen LogP contribution in [-0.2, 0) is 4.74 Å². The van der Waals surface area contributed by atoms with Gasteiger partial charge in [0.2, 0.25) is 0 Å². The Balaban J connectivity index is 1.41. The summed E-state index contributed by atoms with van der Waals surface area (Å²) in [6.07, 6.45) is 0.745. The fourth-order valence-corrected chi connectivity index (χ4v) is 3.83. The van der Waals surface area contributed by atoms with Crippen molar-refractivity contribution in [2.24, 2.45) is 4.99 Å². The van der Waals surface area contributed by atoms with E-state index in [1.165, 1.54) is 18.7 Å². The Bertz CT molecular complexity index is 973. The first-order valence-electron chi connectivity index (χ1n) is 9.54. The molecule has 1 saturated heterocycles. The molecular weight excluding hydrogens is 376 g/mol. The Morgan fingerprint density at radius 3 is 2.83 bits per heavy atom. The third kappa shape index (κ3) is 3.58. The highest BCUT2D eigenvalue weighted by molar-refractivity contribution is 5.80. The predicted molar refractivity (Wildman–Crippen MR) is 107 cm³/mol. The van der Waals surface area contributed by atoms with Gasteiger partial charge in [0.25, 0.3) is 0 Å². The number of para-hydroxylation sites is 1. The number of aromatic nitrogens is 2. The molecule has 2 aliphatic rings. The molecule has 3 heterocycles. The maximum atomic E-state index is 12.5. The largest absolute Gasteiger partial charge is 0.394 e. The second kappa shape index (κ2) is 7.68. The summed E-state index contributed by atoms with van der Waals surface area (Å²) in [6.45, 7) is 1.49. The zero-order valence-corrected chi connectivity index (χ0v) is 16.0. The van der Waals surface area contributed by atoms with Gasteiger partial charge in [-0.15, -0.1) is 0 Å². The standard InChI is InChI=1S/C20H24N4O5/c1-20(28)17(26)15(11-25)29-18(20)24-9-7-16(23-19(24)27)21-8-6-12-10-22-14-5-3-2-4-13(12)14/h2-5,7,9-10,12,15,17-18,25-26,28H,6,8,11H2,1H3,(H,21,23,27)/t12?,15?,17?,18?,20-/m1/s1. The highest BCUT2D eigenvalue weighted by atomic mass is 16.6. The lowest BCUT2D eigenvalue weighted by molar-refractivity contribution is -0.0986. The minimum atomic E-state index is -1.73.